The monoisotopic (exact) mass is 726 g/mol. The first kappa shape index (κ1) is 36.0. The number of ether oxygens (including phenoxy) is 4. The predicted molar refractivity (Wildman–Crippen MR) is 188 cm³/mol. The maximum Gasteiger partial charge on any atom is 0.252 e. The first-order valence-corrected chi connectivity index (χ1v) is 17.8. The van der Waals surface area contributed by atoms with Crippen molar-refractivity contribution < 1.29 is 37.3 Å². The molecule has 2 N–H and O–H groups in total. The van der Waals surface area contributed by atoms with Crippen LogP contribution >= 0.6 is 23.2 Å². The van der Waals surface area contributed by atoms with Gasteiger partial charge in [0, 0.05) is 58.8 Å². The Balaban J connectivity index is 1.58. The van der Waals surface area contributed by atoms with Crippen LogP contribution in [0.4, 0.5) is 0 Å². The number of rotatable bonds is 15. The maximum atomic E-state index is 14.6. The van der Waals surface area contributed by atoms with Crippen molar-refractivity contribution in [1.82, 2.24) is 5.32 Å². The van der Waals surface area contributed by atoms with Crippen molar-refractivity contribution in [3.8, 4) is 17.2 Å². The summed E-state index contributed by atoms with van der Waals surface area (Å²) >= 11 is 13.0. The van der Waals surface area contributed by atoms with Crippen molar-refractivity contribution in [3.63, 3.8) is 0 Å². The Morgan fingerprint density at radius 1 is 0.959 bits per heavy atom. The molecule has 0 aliphatic carbocycles. The van der Waals surface area contributed by atoms with Gasteiger partial charge in [-0.3, -0.25) is 4.79 Å². The van der Waals surface area contributed by atoms with Crippen molar-refractivity contribution in [2.45, 2.75) is 35.9 Å². The molecule has 258 valence electrons. The largest absolute Gasteiger partial charge is 0.497 e. The third-order valence-corrected chi connectivity index (χ3v) is 10.4. The number of carbonyl (C=O) groups excluding carboxylic acids is 1. The van der Waals surface area contributed by atoms with Crippen LogP contribution in [0.25, 0.3) is 0 Å². The summed E-state index contributed by atoms with van der Waals surface area (Å²) in [6.45, 7) is 0.375. The molecule has 5 rings (SSSR count). The molecule has 0 unspecified atom stereocenters. The standard InChI is InChI=1S/C36H36Cl2N2O8S/c1-45-28-15-11-25(32(22-28)46-2)23-39-35(42)36(17-20-49(43,44)29-7-4-3-5-8-29)33(30-16-12-26(37)21-31(30)38)48-34(40-36)24-9-13-27(14-10-24)47-19-6-18-41/h3-5,7-16,21-22,33,41H,6,17-20,23H2,1-2H3,(H,39,42)/t33-,36-/m1/s1. The van der Waals surface area contributed by atoms with E-state index in [-0.39, 0.29) is 35.4 Å². The third kappa shape index (κ3) is 8.30. The minimum Gasteiger partial charge on any atom is -0.497 e. The molecule has 1 aliphatic rings. The van der Waals surface area contributed by atoms with E-state index in [0.717, 1.165) is 0 Å². The average Bonchev–Trinajstić information content (AvgIpc) is 3.51. The summed E-state index contributed by atoms with van der Waals surface area (Å²) in [4.78, 5) is 19.6. The Bertz CT molecular complexity index is 1910. The zero-order valence-electron chi connectivity index (χ0n) is 26.9. The lowest BCUT2D eigenvalue weighted by Crippen LogP contribution is -2.49. The number of aliphatic imine (C=N–C) groups is 1. The number of amides is 1. The van der Waals surface area contributed by atoms with Gasteiger partial charge in [-0.1, -0.05) is 47.5 Å². The van der Waals surface area contributed by atoms with Crippen LogP contribution in [0.2, 0.25) is 10.0 Å². The summed E-state index contributed by atoms with van der Waals surface area (Å²) < 4.78 is 50.2. The molecule has 0 radical (unpaired) electrons. The van der Waals surface area contributed by atoms with Crippen LogP contribution in [0.15, 0.2) is 101 Å². The highest BCUT2D eigenvalue weighted by atomic mass is 35.5. The van der Waals surface area contributed by atoms with Gasteiger partial charge in [-0.15, -0.1) is 0 Å². The molecule has 0 spiro atoms. The molecule has 0 bridgehead atoms. The number of nitrogens with zero attached hydrogens (tertiary/aromatic N) is 1. The highest BCUT2D eigenvalue weighted by Gasteiger charge is 2.54. The molecule has 0 saturated carbocycles. The topological polar surface area (TPSA) is 133 Å². The summed E-state index contributed by atoms with van der Waals surface area (Å²) in [5.41, 5.74) is -0.195. The number of benzene rings is 4. The van der Waals surface area contributed by atoms with Gasteiger partial charge < -0.3 is 29.4 Å². The molecule has 1 amide bonds. The van der Waals surface area contributed by atoms with Crippen molar-refractivity contribution in [2.75, 3.05) is 33.2 Å². The van der Waals surface area contributed by atoms with Crippen molar-refractivity contribution in [2.24, 2.45) is 4.99 Å². The van der Waals surface area contributed by atoms with E-state index in [1.807, 2.05) is 0 Å². The van der Waals surface area contributed by atoms with Crippen LogP contribution in [0.3, 0.4) is 0 Å². The van der Waals surface area contributed by atoms with Gasteiger partial charge in [0.1, 0.15) is 17.2 Å². The van der Waals surface area contributed by atoms with E-state index >= 15 is 0 Å². The highest BCUT2D eigenvalue weighted by molar-refractivity contribution is 7.91. The van der Waals surface area contributed by atoms with Gasteiger partial charge in [0.15, 0.2) is 21.5 Å². The second-order valence-electron chi connectivity index (χ2n) is 11.2. The van der Waals surface area contributed by atoms with Gasteiger partial charge in [0.2, 0.25) is 5.90 Å². The van der Waals surface area contributed by atoms with Crippen molar-refractivity contribution >= 4 is 44.8 Å². The van der Waals surface area contributed by atoms with Crippen LogP contribution in [-0.2, 0) is 25.9 Å². The van der Waals surface area contributed by atoms with Crippen molar-refractivity contribution in [3.05, 3.63) is 118 Å². The quantitative estimate of drug-likeness (QED) is 0.138. The molecule has 10 nitrogen and oxygen atoms in total. The van der Waals surface area contributed by atoms with E-state index in [4.69, 9.17) is 52.2 Å². The fourth-order valence-corrected chi connectivity index (χ4v) is 7.32. The Hall–Kier alpha value is -4.29. The SMILES string of the molecule is COc1ccc(CNC(=O)[C@]2(CCS(=O)(=O)c3ccccc3)N=C(c3ccc(OCCCO)cc3)O[C@@H]2c2ccc(Cl)cc2Cl)c(OC)c1. The average molecular weight is 728 g/mol. The molecular formula is C36H36Cl2N2O8S. The number of halogens is 2. The number of hydrogen-bond donors (Lipinski definition) is 2. The second kappa shape index (κ2) is 15.9. The lowest BCUT2D eigenvalue weighted by molar-refractivity contribution is -0.129. The molecule has 49 heavy (non-hydrogen) atoms. The van der Waals surface area contributed by atoms with Crippen LogP contribution < -0.4 is 19.5 Å². The Morgan fingerprint density at radius 3 is 2.37 bits per heavy atom. The number of aliphatic hydroxyl groups excluding tert-OH is 1. The fraction of sp³-hybridized carbons (Fsp3) is 0.278. The Labute approximate surface area is 295 Å². The minimum atomic E-state index is -3.85. The van der Waals surface area contributed by atoms with E-state index < -0.39 is 33.1 Å². The first-order chi connectivity index (χ1) is 23.6. The summed E-state index contributed by atoms with van der Waals surface area (Å²) in [7, 11) is -0.800. The van der Waals surface area contributed by atoms with E-state index in [1.54, 1.807) is 79.9 Å². The number of nitrogens with one attached hydrogen (secondary N) is 1. The zero-order valence-corrected chi connectivity index (χ0v) is 29.2. The molecule has 1 heterocycles. The second-order valence-corrected chi connectivity index (χ2v) is 14.2. The highest BCUT2D eigenvalue weighted by Crippen LogP contribution is 2.45. The molecule has 0 fully saturated rings. The van der Waals surface area contributed by atoms with E-state index in [1.165, 1.54) is 25.3 Å². The smallest absolute Gasteiger partial charge is 0.252 e. The van der Waals surface area contributed by atoms with E-state index in [2.05, 4.69) is 5.32 Å². The number of carbonyl (C=O) groups is 1. The molecule has 0 aromatic heterocycles. The minimum absolute atomic E-state index is 0.00671. The molecular weight excluding hydrogens is 691 g/mol. The molecule has 1 aliphatic heterocycles. The number of hydrogen-bond acceptors (Lipinski definition) is 9. The van der Waals surface area contributed by atoms with E-state index in [9.17, 15) is 13.2 Å². The van der Waals surface area contributed by atoms with Crippen LogP contribution in [-0.4, -0.2) is 64.1 Å². The Morgan fingerprint density at radius 2 is 1.69 bits per heavy atom. The van der Waals surface area contributed by atoms with Crippen molar-refractivity contribution in [1.29, 1.82) is 0 Å². The lowest BCUT2D eigenvalue weighted by Gasteiger charge is -2.31. The predicted octanol–water partition coefficient (Wildman–Crippen LogP) is 6.21. The zero-order chi connectivity index (χ0) is 35.0. The van der Waals surface area contributed by atoms with Gasteiger partial charge in [-0.25, -0.2) is 13.4 Å². The fourth-order valence-electron chi connectivity index (χ4n) is 5.42. The third-order valence-electron chi connectivity index (χ3n) is 8.06. The number of sulfone groups is 1. The van der Waals surface area contributed by atoms with E-state index in [0.29, 0.717) is 52.0 Å². The van der Waals surface area contributed by atoms with Gasteiger partial charge >= 0.3 is 0 Å². The van der Waals surface area contributed by atoms with Gasteiger partial charge in [0.25, 0.3) is 5.91 Å². The van der Waals surface area contributed by atoms with Crippen LogP contribution in [0.5, 0.6) is 17.2 Å². The Kier molecular flexibility index (Phi) is 11.7. The molecule has 13 heteroatoms. The maximum absolute atomic E-state index is 14.6. The lowest BCUT2D eigenvalue weighted by atomic mass is 9.85. The number of aliphatic hydroxyl groups is 1. The first-order valence-electron chi connectivity index (χ1n) is 15.4. The van der Waals surface area contributed by atoms with Gasteiger partial charge in [-0.2, -0.15) is 0 Å². The van der Waals surface area contributed by atoms with Gasteiger partial charge in [0.05, 0.1) is 31.5 Å². The molecule has 2 atom stereocenters. The number of methoxy groups -OCH3 is 2. The summed E-state index contributed by atoms with van der Waals surface area (Å²) in [6, 6.07) is 24.9. The summed E-state index contributed by atoms with van der Waals surface area (Å²) in [6.07, 6.45) is -0.894. The normalized spacial score (nSPS) is 17.2. The molecule has 4 aromatic rings. The summed E-state index contributed by atoms with van der Waals surface area (Å²) in [5.74, 6) is 0.756. The molecule has 0 saturated heterocycles. The summed E-state index contributed by atoms with van der Waals surface area (Å²) in [5, 5.41) is 12.6. The molecule has 4 aromatic carbocycles. The van der Waals surface area contributed by atoms with Gasteiger partial charge in [-0.05, 0) is 60.7 Å². The van der Waals surface area contributed by atoms with Crippen LogP contribution in [0, 0.1) is 0 Å². The van der Waals surface area contributed by atoms with Crippen LogP contribution in [0.1, 0.15) is 35.6 Å².